The van der Waals surface area contributed by atoms with Crippen molar-refractivity contribution >= 4 is 15.7 Å². The van der Waals surface area contributed by atoms with Gasteiger partial charge in [0, 0.05) is 5.69 Å². The van der Waals surface area contributed by atoms with Crippen molar-refractivity contribution in [3.63, 3.8) is 0 Å². The van der Waals surface area contributed by atoms with Gasteiger partial charge < -0.3 is 10.4 Å². The van der Waals surface area contributed by atoms with Gasteiger partial charge in [-0.3, -0.25) is 0 Å². The number of aliphatic hydroxyl groups is 1. The highest BCUT2D eigenvalue weighted by Gasteiger charge is 2.23. The van der Waals surface area contributed by atoms with E-state index in [0.29, 0.717) is 5.69 Å². The number of aryl methyl sites for hydroxylation is 1. The van der Waals surface area contributed by atoms with E-state index < -0.39 is 15.6 Å². The first-order valence-corrected chi connectivity index (χ1v) is 7.59. The summed E-state index contributed by atoms with van der Waals surface area (Å²) in [6, 6.07) is 4.66. The third-order valence-corrected chi connectivity index (χ3v) is 4.63. The summed E-state index contributed by atoms with van der Waals surface area (Å²) in [6.07, 6.45) is 0. The zero-order chi connectivity index (χ0) is 14.8. The van der Waals surface area contributed by atoms with Gasteiger partial charge in [-0.1, -0.05) is 6.07 Å². The smallest absolute Gasteiger partial charge is 0.240 e. The van der Waals surface area contributed by atoms with E-state index in [-0.39, 0.29) is 10.9 Å². The van der Waals surface area contributed by atoms with Crippen LogP contribution in [0.25, 0.3) is 0 Å². The number of hydrogen-bond acceptors (Lipinski definition) is 4. The van der Waals surface area contributed by atoms with Gasteiger partial charge in [0.25, 0.3) is 0 Å². The summed E-state index contributed by atoms with van der Waals surface area (Å²) in [4.78, 5) is 0.200. The summed E-state index contributed by atoms with van der Waals surface area (Å²) in [7, 11) is -2.08. The molecule has 0 aliphatic heterocycles. The Labute approximate surface area is 115 Å². The van der Waals surface area contributed by atoms with Crippen LogP contribution in [-0.4, -0.2) is 32.2 Å². The van der Waals surface area contributed by atoms with Gasteiger partial charge in [-0.2, -0.15) is 0 Å². The molecule has 1 aromatic carbocycles. The predicted molar refractivity (Wildman–Crippen MR) is 76.8 cm³/mol. The lowest BCUT2D eigenvalue weighted by Gasteiger charge is -2.28. The zero-order valence-corrected chi connectivity index (χ0v) is 12.8. The van der Waals surface area contributed by atoms with Crippen molar-refractivity contribution in [1.82, 2.24) is 4.72 Å². The third-order valence-electron chi connectivity index (χ3n) is 3.22. The summed E-state index contributed by atoms with van der Waals surface area (Å²) in [6.45, 7) is 7.14. The molecule has 3 N–H and O–H groups in total. The molecular weight excluding hydrogens is 264 g/mol. The highest BCUT2D eigenvalue weighted by Crippen LogP contribution is 2.23. The van der Waals surface area contributed by atoms with E-state index >= 15 is 0 Å². The fourth-order valence-corrected chi connectivity index (χ4v) is 2.21. The molecule has 19 heavy (non-hydrogen) atoms. The number of anilines is 1. The van der Waals surface area contributed by atoms with Crippen LogP contribution in [0.3, 0.4) is 0 Å². The Morgan fingerprint density at radius 3 is 2.37 bits per heavy atom. The fourth-order valence-electron chi connectivity index (χ4n) is 1.45. The standard InChI is InChI=1S/C13H22N2O3S/c1-9-6-7-11(19(17,18)14-5)8-12(9)15-10(2)13(3,4)16/h6-8,10,14-16H,1-5H3. The SMILES string of the molecule is CNS(=O)(=O)c1ccc(C)c(NC(C)C(C)(C)O)c1. The Morgan fingerprint density at radius 1 is 1.32 bits per heavy atom. The topological polar surface area (TPSA) is 78.4 Å². The van der Waals surface area contributed by atoms with Crippen molar-refractivity contribution in [2.75, 3.05) is 12.4 Å². The Bertz CT molecular complexity index is 547. The minimum Gasteiger partial charge on any atom is -0.388 e. The molecular formula is C13H22N2O3S. The van der Waals surface area contributed by atoms with Crippen LogP contribution >= 0.6 is 0 Å². The molecule has 0 spiro atoms. The lowest BCUT2D eigenvalue weighted by atomic mass is 10.00. The largest absolute Gasteiger partial charge is 0.388 e. The van der Waals surface area contributed by atoms with Gasteiger partial charge >= 0.3 is 0 Å². The molecule has 0 bridgehead atoms. The fraction of sp³-hybridized carbons (Fsp3) is 0.538. The first-order chi connectivity index (χ1) is 8.58. The van der Waals surface area contributed by atoms with Crippen molar-refractivity contribution in [1.29, 1.82) is 0 Å². The van der Waals surface area contributed by atoms with Gasteiger partial charge in [-0.25, -0.2) is 13.1 Å². The first kappa shape index (κ1) is 15.9. The van der Waals surface area contributed by atoms with Crippen molar-refractivity contribution < 1.29 is 13.5 Å². The molecule has 1 unspecified atom stereocenters. The first-order valence-electron chi connectivity index (χ1n) is 6.11. The molecule has 0 aliphatic rings. The van der Waals surface area contributed by atoms with Crippen molar-refractivity contribution in [2.24, 2.45) is 0 Å². The predicted octanol–water partition coefficient (Wildman–Crippen LogP) is 1.47. The van der Waals surface area contributed by atoms with Crippen LogP contribution in [0.1, 0.15) is 26.3 Å². The van der Waals surface area contributed by atoms with Crippen LogP contribution in [-0.2, 0) is 10.0 Å². The molecule has 1 rings (SSSR count). The molecule has 0 saturated carbocycles. The van der Waals surface area contributed by atoms with E-state index in [9.17, 15) is 13.5 Å². The molecule has 0 saturated heterocycles. The van der Waals surface area contributed by atoms with E-state index in [1.807, 2.05) is 13.8 Å². The van der Waals surface area contributed by atoms with Crippen LogP contribution < -0.4 is 10.0 Å². The van der Waals surface area contributed by atoms with Crippen LogP contribution in [0.15, 0.2) is 23.1 Å². The van der Waals surface area contributed by atoms with E-state index in [2.05, 4.69) is 10.0 Å². The van der Waals surface area contributed by atoms with Gasteiger partial charge in [-0.05, 0) is 52.4 Å². The monoisotopic (exact) mass is 286 g/mol. The second-order valence-corrected chi connectivity index (χ2v) is 7.09. The molecule has 1 aromatic rings. The average Bonchev–Trinajstić information content (AvgIpc) is 2.30. The molecule has 0 fully saturated rings. The number of hydrogen-bond donors (Lipinski definition) is 3. The highest BCUT2D eigenvalue weighted by atomic mass is 32.2. The lowest BCUT2D eigenvalue weighted by molar-refractivity contribution is 0.0649. The van der Waals surface area contributed by atoms with Gasteiger partial charge in [0.15, 0.2) is 0 Å². The minimum absolute atomic E-state index is 0.200. The molecule has 5 nitrogen and oxygen atoms in total. The van der Waals surface area contributed by atoms with E-state index in [0.717, 1.165) is 5.56 Å². The van der Waals surface area contributed by atoms with Crippen LogP contribution in [0.5, 0.6) is 0 Å². The number of benzene rings is 1. The number of sulfonamides is 1. The second kappa shape index (κ2) is 5.48. The van der Waals surface area contributed by atoms with Crippen molar-refractivity contribution in [3.05, 3.63) is 23.8 Å². The van der Waals surface area contributed by atoms with Crippen molar-refractivity contribution in [3.8, 4) is 0 Å². The van der Waals surface area contributed by atoms with Gasteiger partial charge in [-0.15, -0.1) is 0 Å². The normalized spacial score (nSPS) is 14.2. The minimum atomic E-state index is -3.46. The summed E-state index contributed by atoms with van der Waals surface area (Å²) < 4.78 is 25.8. The quantitative estimate of drug-likeness (QED) is 0.766. The molecule has 0 aromatic heterocycles. The average molecular weight is 286 g/mol. The van der Waals surface area contributed by atoms with E-state index in [4.69, 9.17) is 0 Å². The van der Waals surface area contributed by atoms with Crippen LogP contribution in [0.2, 0.25) is 0 Å². The molecule has 1 atom stereocenters. The zero-order valence-electron chi connectivity index (χ0n) is 12.0. The molecule has 0 heterocycles. The number of rotatable bonds is 5. The maximum Gasteiger partial charge on any atom is 0.240 e. The number of nitrogens with one attached hydrogen (secondary N) is 2. The van der Waals surface area contributed by atoms with Crippen LogP contribution in [0, 0.1) is 6.92 Å². The molecule has 0 aliphatic carbocycles. The van der Waals surface area contributed by atoms with Gasteiger partial charge in [0.2, 0.25) is 10.0 Å². The van der Waals surface area contributed by atoms with E-state index in [1.165, 1.54) is 7.05 Å². The maximum absolute atomic E-state index is 11.8. The van der Waals surface area contributed by atoms with Crippen LogP contribution in [0.4, 0.5) is 5.69 Å². The molecule has 0 radical (unpaired) electrons. The summed E-state index contributed by atoms with van der Waals surface area (Å²) >= 11 is 0. The Morgan fingerprint density at radius 2 is 1.89 bits per heavy atom. The van der Waals surface area contributed by atoms with Crippen molar-refractivity contribution in [2.45, 2.75) is 44.2 Å². The molecule has 108 valence electrons. The summed E-state index contributed by atoms with van der Waals surface area (Å²) in [5, 5.41) is 13.1. The molecule has 6 heteroatoms. The Balaban J connectivity index is 3.12. The lowest BCUT2D eigenvalue weighted by Crippen LogP contribution is -2.39. The van der Waals surface area contributed by atoms with E-state index in [1.54, 1.807) is 32.0 Å². The van der Waals surface area contributed by atoms with Gasteiger partial charge in [0.1, 0.15) is 0 Å². The summed E-state index contributed by atoms with van der Waals surface area (Å²) in [5.41, 5.74) is 0.724. The molecule has 0 amide bonds. The highest BCUT2D eigenvalue weighted by molar-refractivity contribution is 7.89. The third kappa shape index (κ3) is 3.92. The maximum atomic E-state index is 11.8. The Hall–Kier alpha value is -1.11. The Kier molecular flexibility index (Phi) is 4.60. The van der Waals surface area contributed by atoms with Gasteiger partial charge in [0.05, 0.1) is 16.5 Å². The second-order valence-electron chi connectivity index (χ2n) is 5.20. The summed E-state index contributed by atoms with van der Waals surface area (Å²) in [5.74, 6) is 0.